The second-order valence-electron chi connectivity index (χ2n) is 7.71. The number of hydrogen-bond acceptors (Lipinski definition) is 5. The lowest BCUT2D eigenvalue weighted by Crippen LogP contribution is -2.50. The lowest BCUT2D eigenvalue weighted by Gasteiger charge is -2.35. The highest BCUT2D eigenvalue weighted by Crippen LogP contribution is 2.26. The number of ketones is 1. The number of carbonyl (C=O) groups excluding carboxylic acids is 5. The molecule has 2 aliphatic rings. The number of carbonyl (C=O) groups is 5. The molecular weight excluding hydrogens is 374 g/mol. The zero-order valence-electron chi connectivity index (χ0n) is 16.9. The second-order valence-corrected chi connectivity index (χ2v) is 7.71. The van der Waals surface area contributed by atoms with Crippen molar-refractivity contribution in [2.24, 2.45) is 0 Å². The number of rotatable bonds is 5. The SMILES string of the molecule is CC(=O)CCC(=O)N1CCN(C(=O)c2ccc3c(c2)C(=O)N(C(C)C)C3=O)CC1. The number of fused-ring (bicyclic) bond motifs is 1. The first-order chi connectivity index (χ1) is 13.7. The van der Waals surface area contributed by atoms with E-state index in [9.17, 15) is 24.0 Å². The highest BCUT2D eigenvalue weighted by molar-refractivity contribution is 6.22. The van der Waals surface area contributed by atoms with Crippen LogP contribution in [0.2, 0.25) is 0 Å². The maximum Gasteiger partial charge on any atom is 0.261 e. The Hall–Kier alpha value is -3.03. The van der Waals surface area contributed by atoms with E-state index in [2.05, 4.69) is 0 Å². The van der Waals surface area contributed by atoms with Crippen LogP contribution in [0.15, 0.2) is 18.2 Å². The molecule has 154 valence electrons. The van der Waals surface area contributed by atoms with Crippen molar-refractivity contribution in [3.05, 3.63) is 34.9 Å². The molecule has 2 heterocycles. The summed E-state index contributed by atoms with van der Waals surface area (Å²) in [5, 5.41) is 0. The van der Waals surface area contributed by atoms with Crippen molar-refractivity contribution in [3.8, 4) is 0 Å². The molecule has 0 aliphatic carbocycles. The van der Waals surface area contributed by atoms with Gasteiger partial charge in [-0.1, -0.05) is 0 Å². The monoisotopic (exact) mass is 399 g/mol. The van der Waals surface area contributed by atoms with E-state index in [1.807, 2.05) is 0 Å². The summed E-state index contributed by atoms with van der Waals surface area (Å²) in [6.45, 7) is 6.58. The molecular formula is C21H25N3O5. The molecule has 3 rings (SSSR count). The van der Waals surface area contributed by atoms with Gasteiger partial charge in [0.15, 0.2) is 0 Å². The van der Waals surface area contributed by atoms with Gasteiger partial charge in [0, 0.05) is 50.6 Å². The fourth-order valence-electron chi connectivity index (χ4n) is 3.64. The predicted octanol–water partition coefficient (Wildman–Crippen LogP) is 1.34. The number of Topliss-reactive ketones (excluding diaryl/α,β-unsaturated/α-hetero) is 1. The topological polar surface area (TPSA) is 95.1 Å². The first kappa shape index (κ1) is 20.7. The fraction of sp³-hybridized carbons (Fsp3) is 0.476. The van der Waals surface area contributed by atoms with Gasteiger partial charge in [0.2, 0.25) is 5.91 Å². The van der Waals surface area contributed by atoms with Gasteiger partial charge in [0.05, 0.1) is 11.1 Å². The largest absolute Gasteiger partial charge is 0.339 e. The molecule has 4 amide bonds. The molecule has 0 N–H and O–H groups in total. The Labute approximate surface area is 169 Å². The summed E-state index contributed by atoms with van der Waals surface area (Å²) in [6, 6.07) is 4.34. The van der Waals surface area contributed by atoms with Crippen LogP contribution in [-0.4, -0.2) is 76.3 Å². The van der Waals surface area contributed by atoms with Crippen molar-refractivity contribution < 1.29 is 24.0 Å². The highest BCUT2D eigenvalue weighted by atomic mass is 16.2. The molecule has 1 aromatic rings. The Kier molecular flexibility index (Phi) is 5.81. The van der Waals surface area contributed by atoms with Gasteiger partial charge in [0.1, 0.15) is 5.78 Å². The van der Waals surface area contributed by atoms with E-state index >= 15 is 0 Å². The van der Waals surface area contributed by atoms with Gasteiger partial charge >= 0.3 is 0 Å². The molecule has 0 atom stereocenters. The Morgan fingerprint density at radius 3 is 2.07 bits per heavy atom. The van der Waals surface area contributed by atoms with E-state index in [1.165, 1.54) is 24.0 Å². The van der Waals surface area contributed by atoms with Crippen LogP contribution in [0, 0.1) is 0 Å². The van der Waals surface area contributed by atoms with Crippen LogP contribution in [0.1, 0.15) is 64.7 Å². The van der Waals surface area contributed by atoms with E-state index in [4.69, 9.17) is 0 Å². The third kappa shape index (κ3) is 4.06. The average molecular weight is 399 g/mol. The molecule has 0 bridgehead atoms. The lowest BCUT2D eigenvalue weighted by atomic mass is 10.0. The van der Waals surface area contributed by atoms with E-state index in [0.29, 0.717) is 37.3 Å². The van der Waals surface area contributed by atoms with Crippen molar-refractivity contribution >= 4 is 29.4 Å². The molecule has 1 fully saturated rings. The zero-order chi connectivity index (χ0) is 21.3. The summed E-state index contributed by atoms with van der Waals surface area (Å²) < 4.78 is 0. The molecule has 1 aromatic carbocycles. The molecule has 1 saturated heterocycles. The minimum atomic E-state index is -0.379. The molecule has 0 radical (unpaired) electrons. The standard InChI is InChI=1S/C21H25N3O5/c1-13(2)24-20(28)16-6-5-15(12-17(16)21(24)29)19(27)23-10-8-22(9-11-23)18(26)7-4-14(3)25/h5-6,12-13H,4,7-11H2,1-3H3. The van der Waals surface area contributed by atoms with Gasteiger partial charge in [-0.25, -0.2) is 0 Å². The van der Waals surface area contributed by atoms with E-state index in [1.54, 1.807) is 29.7 Å². The number of benzene rings is 1. The van der Waals surface area contributed by atoms with Crippen LogP contribution in [0.3, 0.4) is 0 Å². The van der Waals surface area contributed by atoms with Crippen molar-refractivity contribution in [3.63, 3.8) is 0 Å². The number of nitrogens with zero attached hydrogens (tertiary/aromatic N) is 3. The maximum absolute atomic E-state index is 12.9. The van der Waals surface area contributed by atoms with Crippen molar-refractivity contribution in [2.75, 3.05) is 26.2 Å². The number of amides is 4. The van der Waals surface area contributed by atoms with E-state index < -0.39 is 0 Å². The Balaban J connectivity index is 1.66. The third-order valence-electron chi connectivity index (χ3n) is 5.29. The Morgan fingerprint density at radius 2 is 1.48 bits per heavy atom. The normalized spacial score (nSPS) is 16.5. The molecule has 2 aliphatic heterocycles. The molecule has 29 heavy (non-hydrogen) atoms. The second kappa shape index (κ2) is 8.14. The van der Waals surface area contributed by atoms with Crippen LogP contribution < -0.4 is 0 Å². The molecule has 0 aromatic heterocycles. The van der Waals surface area contributed by atoms with Gasteiger partial charge in [-0.15, -0.1) is 0 Å². The van der Waals surface area contributed by atoms with E-state index in [0.717, 1.165) is 0 Å². The molecule has 0 spiro atoms. The Morgan fingerprint density at radius 1 is 0.897 bits per heavy atom. The van der Waals surface area contributed by atoms with Crippen LogP contribution in [0.5, 0.6) is 0 Å². The third-order valence-corrected chi connectivity index (χ3v) is 5.29. The number of imide groups is 1. The van der Waals surface area contributed by atoms with Crippen LogP contribution in [-0.2, 0) is 9.59 Å². The summed E-state index contributed by atoms with van der Waals surface area (Å²) in [6.07, 6.45) is 0.420. The number of hydrogen-bond donors (Lipinski definition) is 0. The van der Waals surface area contributed by atoms with Gasteiger partial charge < -0.3 is 14.6 Å². The highest BCUT2D eigenvalue weighted by Gasteiger charge is 2.37. The van der Waals surface area contributed by atoms with Gasteiger partial charge in [0.25, 0.3) is 17.7 Å². The van der Waals surface area contributed by atoms with Crippen molar-refractivity contribution in [1.82, 2.24) is 14.7 Å². The first-order valence-electron chi connectivity index (χ1n) is 9.79. The smallest absolute Gasteiger partial charge is 0.261 e. The minimum Gasteiger partial charge on any atom is -0.339 e. The van der Waals surface area contributed by atoms with Crippen LogP contribution in [0.4, 0.5) is 0 Å². The van der Waals surface area contributed by atoms with Crippen LogP contribution >= 0.6 is 0 Å². The van der Waals surface area contributed by atoms with Crippen molar-refractivity contribution in [2.45, 2.75) is 39.7 Å². The zero-order valence-corrected chi connectivity index (χ0v) is 16.9. The van der Waals surface area contributed by atoms with Crippen LogP contribution in [0.25, 0.3) is 0 Å². The van der Waals surface area contributed by atoms with Gasteiger partial charge in [-0.2, -0.15) is 0 Å². The maximum atomic E-state index is 12.9. The van der Waals surface area contributed by atoms with E-state index in [-0.39, 0.29) is 53.9 Å². The Bertz CT molecular complexity index is 884. The van der Waals surface area contributed by atoms with Crippen molar-refractivity contribution in [1.29, 1.82) is 0 Å². The molecule has 8 nitrogen and oxygen atoms in total. The minimum absolute atomic E-state index is 0.0205. The summed E-state index contributed by atoms with van der Waals surface area (Å²) in [5.41, 5.74) is 0.931. The average Bonchev–Trinajstić information content (AvgIpc) is 2.95. The predicted molar refractivity (Wildman–Crippen MR) is 104 cm³/mol. The number of piperazine rings is 1. The summed E-state index contributed by atoms with van der Waals surface area (Å²) in [4.78, 5) is 65.4. The van der Waals surface area contributed by atoms with Gasteiger partial charge in [-0.05, 0) is 39.0 Å². The first-order valence-corrected chi connectivity index (χ1v) is 9.79. The lowest BCUT2D eigenvalue weighted by molar-refractivity contribution is -0.134. The molecule has 0 saturated carbocycles. The fourth-order valence-corrected chi connectivity index (χ4v) is 3.64. The summed E-state index contributed by atoms with van der Waals surface area (Å²) in [5.74, 6) is -1.05. The quantitative estimate of drug-likeness (QED) is 0.697. The van der Waals surface area contributed by atoms with Gasteiger partial charge in [-0.3, -0.25) is 24.1 Å². The summed E-state index contributed by atoms with van der Waals surface area (Å²) >= 11 is 0. The summed E-state index contributed by atoms with van der Waals surface area (Å²) in [7, 11) is 0. The molecule has 8 heteroatoms. The molecule has 0 unspecified atom stereocenters.